The van der Waals surface area contributed by atoms with E-state index in [1.54, 1.807) is 17.9 Å². The number of likely N-dealkylation sites (tertiary alicyclic amines) is 2. The van der Waals surface area contributed by atoms with Crippen LogP contribution >= 0.6 is 0 Å². The van der Waals surface area contributed by atoms with Gasteiger partial charge in [0.15, 0.2) is 0 Å². The Morgan fingerprint density at radius 3 is 2.39 bits per heavy atom. The van der Waals surface area contributed by atoms with Gasteiger partial charge in [-0.2, -0.15) is 0 Å². The summed E-state index contributed by atoms with van der Waals surface area (Å²) in [6, 6.07) is 1.60. The molecule has 2 aliphatic rings. The minimum absolute atomic E-state index is 0.0142. The summed E-state index contributed by atoms with van der Waals surface area (Å²) in [5, 5.41) is 2.99. The predicted molar refractivity (Wildman–Crippen MR) is 103 cm³/mol. The fourth-order valence-corrected chi connectivity index (χ4v) is 3.65. The van der Waals surface area contributed by atoms with E-state index in [1.165, 1.54) is 12.4 Å². The number of rotatable bonds is 4. The van der Waals surface area contributed by atoms with Gasteiger partial charge in [0, 0.05) is 44.6 Å². The average Bonchev–Trinajstić information content (AvgIpc) is 2.74. The zero-order chi connectivity index (χ0) is 19.9. The van der Waals surface area contributed by atoms with E-state index < -0.39 is 0 Å². The van der Waals surface area contributed by atoms with Crippen LogP contribution < -0.4 is 5.32 Å². The van der Waals surface area contributed by atoms with Crippen molar-refractivity contribution in [1.29, 1.82) is 0 Å². The number of hydrogen-bond acceptors (Lipinski definition) is 5. The van der Waals surface area contributed by atoms with E-state index >= 15 is 0 Å². The SMILES string of the molecule is CCOC(=O)N1CCC(NC(=O)c2cncc(C(=O)N3CCCCC3)c2)CC1. The number of carbonyl (C=O) groups is 3. The lowest BCUT2D eigenvalue weighted by molar-refractivity contribution is 0.0723. The Morgan fingerprint density at radius 2 is 1.71 bits per heavy atom. The molecule has 3 heterocycles. The van der Waals surface area contributed by atoms with Gasteiger partial charge in [-0.3, -0.25) is 14.6 Å². The highest BCUT2D eigenvalue weighted by molar-refractivity contribution is 5.99. The van der Waals surface area contributed by atoms with Crippen LogP contribution in [0.15, 0.2) is 18.5 Å². The summed E-state index contributed by atoms with van der Waals surface area (Å²) in [5.41, 5.74) is 0.836. The number of piperidine rings is 2. The highest BCUT2D eigenvalue weighted by Crippen LogP contribution is 2.15. The molecule has 8 nitrogen and oxygen atoms in total. The molecule has 0 saturated carbocycles. The third-order valence-corrected chi connectivity index (χ3v) is 5.25. The number of carbonyl (C=O) groups excluding carboxylic acids is 3. The van der Waals surface area contributed by atoms with Crippen LogP contribution in [0.1, 0.15) is 59.7 Å². The maximum atomic E-state index is 12.6. The molecule has 0 aromatic carbocycles. The van der Waals surface area contributed by atoms with Crippen molar-refractivity contribution >= 4 is 17.9 Å². The fraction of sp³-hybridized carbons (Fsp3) is 0.600. The van der Waals surface area contributed by atoms with Gasteiger partial charge < -0.3 is 19.9 Å². The highest BCUT2D eigenvalue weighted by Gasteiger charge is 2.25. The molecule has 0 spiro atoms. The maximum Gasteiger partial charge on any atom is 0.409 e. The number of aromatic nitrogens is 1. The topological polar surface area (TPSA) is 91.8 Å². The molecule has 0 bridgehead atoms. The molecule has 1 aromatic rings. The molecule has 2 aliphatic heterocycles. The molecule has 2 fully saturated rings. The van der Waals surface area contributed by atoms with E-state index in [9.17, 15) is 14.4 Å². The molecule has 28 heavy (non-hydrogen) atoms. The second kappa shape index (κ2) is 9.52. The summed E-state index contributed by atoms with van der Waals surface area (Å²) in [7, 11) is 0. The first kappa shape index (κ1) is 20.1. The Labute approximate surface area is 165 Å². The first-order valence-corrected chi connectivity index (χ1v) is 10.1. The third-order valence-electron chi connectivity index (χ3n) is 5.25. The Kier molecular flexibility index (Phi) is 6.84. The Balaban J connectivity index is 1.55. The molecule has 152 valence electrons. The molecule has 1 N–H and O–H groups in total. The van der Waals surface area contributed by atoms with E-state index in [0.717, 1.165) is 32.4 Å². The molecule has 2 saturated heterocycles. The molecule has 3 amide bonds. The number of nitrogens with one attached hydrogen (secondary N) is 1. The first-order valence-electron chi connectivity index (χ1n) is 10.1. The lowest BCUT2D eigenvalue weighted by atomic mass is 10.0. The van der Waals surface area contributed by atoms with Crippen molar-refractivity contribution in [3.63, 3.8) is 0 Å². The van der Waals surface area contributed by atoms with E-state index in [4.69, 9.17) is 4.74 Å². The summed E-state index contributed by atoms with van der Waals surface area (Å²) in [6.45, 7) is 4.76. The zero-order valence-corrected chi connectivity index (χ0v) is 16.4. The quantitative estimate of drug-likeness (QED) is 0.852. The second-order valence-corrected chi connectivity index (χ2v) is 7.25. The number of amides is 3. The molecule has 1 aromatic heterocycles. The summed E-state index contributed by atoms with van der Waals surface area (Å²) >= 11 is 0. The van der Waals surface area contributed by atoms with Gasteiger partial charge in [-0.25, -0.2) is 4.79 Å². The summed E-state index contributed by atoms with van der Waals surface area (Å²) in [5.74, 6) is -0.306. The van der Waals surface area contributed by atoms with Gasteiger partial charge in [-0.05, 0) is 45.1 Å². The Morgan fingerprint density at radius 1 is 1.04 bits per heavy atom. The van der Waals surface area contributed by atoms with E-state index in [-0.39, 0.29) is 23.9 Å². The molecule has 8 heteroatoms. The molecular weight excluding hydrogens is 360 g/mol. The van der Waals surface area contributed by atoms with Crippen LogP contribution in [0.25, 0.3) is 0 Å². The highest BCUT2D eigenvalue weighted by atomic mass is 16.6. The van der Waals surface area contributed by atoms with Gasteiger partial charge in [0.2, 0.25) is 0 Å². The minimum atomic E-state index is -0.305. The summed E-state index contributed by atoms with van der Waals surface area (Å²) in [4.78, 5) is 44.6. The smallest absolute Gasteiger partial charge is 0.409 e. The number of ether oxygens (including phenoxy) is 1. The maximum absolute atomic E-state index is 12.6. The molecule has 0 radical (unpaired) electrons. The predicted octanol–water partition coefficient (Wildman–Crippen LogP) is 2.06. The fourth-order valence-electron chi connectivity index (χ4n) is 3.65. The van der Waals surface area contributed by atoms with Gasteiger partial charge in [0.1, 0.15) is 0 Å². The molecule has 3 rings (SSSR count). The van der Waals surface area contributed by atoms with Crippen LogP contribution in [-0.2, 0) is 4.74 Å². The number of nitrogens with zero attached hydrogens (tertiary/aromatic N) is 3. The van der Waals surface area contributed by atoms with Crippen molar-refractivity contribution < 1.29 is 19.1 Å². The minimum Gasteiger partial charge on any atom is -0.450 e. The lowest BCUT2D eigenvalue weighted by Gasteiger charge is -2.31. The van der Waals surface area contributed by atoms with Gasteiger partial charge in [-0.15, -0.1) is 0 Å². The summed E-state index contributed by atoms with van der Waals surface area (Å²) < 4.78 is 5.01. The monoisotopic (exact) mass is 388 g/mol. The number of pyridine rings is 1. The lowest BCUT2D eigenvalue weighted by Crippen LogP contribution is -2.46. The largest absolute Gasteiger partial charge is 0.450 e. The standard InChI is InChI=1S/C20H28N4O4/c1-2-28-20(27)24-10-6-17(7-11-24)22-18(25)15-12-16(14-21-13-15)19(26)23-8-4-3-5-9-23/h12-14,17H,2-11H2,1H3,(H,22,25). The van der Waals surface area contributed by atoms with Crippen molar-refractivity contribution in [3.8, 4) is 0 Å². The van der Waals surface area contributed by atoms with Crippen molar-refractivity contribution in [2.45, 2.75) is 45.1 Å². The van der Waals surface area contributed by atoms with Crippen molar-refractivity contribution in [2.75, 3.05) is 32.8 Å². The summed E-state index contributed by atoms with van der Waals surface area (Å²) in [6.07, 6.45) is 7.23. The normalized spacial score (nSPS) is 17.9. The van der Waals surface area contributed by atoms with Crippen LogP contribution in [0.3, 0.4) is 0 Å². The van der Waals surface area contributed by atoms with Crippen LogP contribution in [0.2, 0.25) is 0 Å². The first-order chi connectivity index (χ1) is 13.6. The van der Waals surface area contributed by atoms with Crippen LogP contribution in [-0.4, -0.2) is 71.5 Å². The van der Waals surface area contributed by atoms with Gasteiger partial charge in [0.05, 0.1) is 17.7 Å². The zero-order valence-electron chi connectivity index (χ0n) is 16.4. The van der Waals surface area contributed by atoms with Crippen LogP contribution in [0, 0.1) is 0 Å². The van der Waals surface area contributed by atoms with Crippen LogP contribution in [0.4, 0.5) is 4.79 Å². The van der Waals surface area contributed by atoms with Gasteiger partial charge >= 0.3 is 6.09 Å². The van der Waals surface area contributed by atoms with Crippen molar-refractivity contribution in [3.05, 3.63) is 29.6 Å². The van der Waals surface area contributed by atoms with E-state index in [2.05, 4.69) is 10.3 Å². The van der Waals surface area contributed by atoms with Crippen LogP contribution in [0.5, 0.6) is 0 Å². The second-order valence-electron chi connectivity index (χ2n) is 7.25. The molecule has 0 aliphatic carbocycles. The molecule has 0 atom stereocenters. The Bertz CT molecular complexity index is 710. The van der Waals surface area contributed by atoms with Crippen molar-refractivity contribution in [1.82, 2.24) is 20.1 Å². The molecular formula is C20H28N4O4. The third kappa shape index (κ3) is 4.99. The number of hydrogen-bond donors (Lipinski definition) is 1. The van der Waals surface area contributed by atoms with E-state index in [1.807, 2.05) is 4.90 Å². The molecule has 0 unspecified atom stereocenters. The van der Waals surface area contributed by atoms with E-state index in [0.29, 0.717) is 43.7 Å². The van der Waals surface area contributed by atoms with Crippen molar-refractivity contribution in [2.24, 2.45) is 0 Å². The van der Waals surface area contributed by atoms with Gasteiger partial charge in [0.25, 0.3) is 11.8 Å². The Hall–Kier alpha value is -2.64. The van der Waals surface area contributed by atoms with Gasteiger partial charge in [-0.1, -0.05) is 0 Å². The average molecular weight is 388 g/mol.